The molecule has 0 aliphatic heterocycles. The van der Waals surface area contributed by atoms with E-state index >= 15 is 0 Å². The van der Waals surface area contributed by atoms with Crippen LogP contribution in [0.15, 0.2) is 45.6 Å². The van der Waals surface area contributed by atoms with Crippen LogP contribution >= 0.6 is 0 Å². The summed E-state index contributed by atoms with van der Waals surface area (Å²) in [6.07, 6.45) is 0.408. The van der Waals surface area contributed by atoms with E-state index in [-0.39, 0.29) is 12.4 Å². The van der Waals surface area contributed by atoms with Crippen LogP contribution in [0, 0.1) is 0 Å². The number of aromatic hydroxyl groups is 1. The van der Waals surface area contributed by atoms with Crippen LogP contribution in [-0.4, -0.2) is 16.8 Å². The molecule has 0 atom stereocenters. The molecule has 0 saturated heterocycles. The first-order chi connectivity index (χ1) is 9.20. The Labute approximate surface area is 108 Å². The molecule has 0 spiro atoms. The number of fused-ring (bicyclic) bond motifs is 3. The average molecular weight is 256 g/mol. The van der Waals surface area contributed by atoms with Gasteiger partial charge in [-0.05, 0) is 24.1 Å². The monoisotopic (exact) mass is 256 g/mol. The second-order valence-electron chi connectivity index (χ2n) is 4.38. The van der Waals surface area contributed by atoms with Crippen LogP contribution in [0.1, 0.15) is 5.56 Å². The van der Waals surface area contributed by atoms with E-state index in [1.54, 1.807) is 12.1 Å². The minimum Gasteiger partial charge on any atom is -0.508 e. The number of aliphatic hydroxyl groups excluding tert-OH is 1. The average Bonchev–Trinajstić information content (AvgIpc) is 2.38. The summed E-state index contributed by atoms with van der Waals surface area (Å²) in [5.41, 5.74) is 0.680. The molecule has 0 aliphatic carbocycles. The van der Waals surface area contributed by atoms with E-state index in [0.29, 0.717) is 17.4 Å². The van der Waals surface area contributed by atoms with Gasteiger partial charge in [0, 0.05) is 23.4 Å². The second kappa shape index (κ2) is 4.40. The highest BCUT2D eigenvalue weighted by molar-refractivity contribution is 6.05. The molecule has 0 aliphatic rings. The smallest absolute Gasteiger partial charge is 0.344 e. The first-order valence-electron chi connectivity index (χ1n) is 5.99. The van der Waals surface area contributed by atoms with E-state index in [4.69, 9.17) is 9.52 Å². The van der Waals surface area contributed by atoms with Crippen LogP contribution in [-0.2, 0) is 6.42 Å². The zero-order valence-corrected chi connectivity index (χ0v) is 10.1. The maximum absolute atomic E-state index is 12.1. The van der Waals surface area contributed by atoms with Crippen LogP contribution in [0.5, 0.6) is 5.75 Å². The van der Waals surface area contributed by atoms with E-state index in [0.717, 1.165) is 16.3 Å². The third-order valence-corrected chi connectivity index (χ3v) is 3.19. The zero-order valence-electron chi connectivity index (χ0n) is 10.1. The third kappa shape index (κ3) is 1.86. The van der Waals surface area contributed by atoms with Crippen molar-refractivity contribution in [3.8, 4) is 5.75 Å². The Hall–Kier alpha value is -2.33. The van der Waals surface area contributed by atoms with E-state index in [2.05, 4.69) is 0 Å². The summed E-state index contributed by atoms with van der Waals surface area (Å²) < 4.78 is 5.25. The predicted molar refractivity (Wildman–Crippen MR) is 72.4 cm³/mol. The lowest BCUT2D eigenvalue weighted by molar-refractivity contribution is 0.300. The van der Waals surface area contributed by atoms with Crippen LogP contribution in [0.4, 0.5) is 0 Å². The number of hydrogen-bond acceptors (Lipinski definition) is 4. The van der Waals surface area contributed by atoms with Gasteiger partial charge in [-0.3, -0.25) is 0 Å². The van der Waals surface area contributed by atoms with Crippen molar-refractivity contribution in [1.82, 2.24) is 0 Å². The molecule has 0 saturated carbocycles. The summed E-state index contributed by atoms with van der Waals surface area (Å²) in [4.78, 5) is 12.1. The zero-order chi connectivity index (χ0) is 13.4. The van der Waals surface area contributed by atoms with Gasteiger partial charge in [0.2, 0.25) is 0 Å². The predicted octanol–water partition coefficient (Wildman–Crippen LogP) is 2.19. The van der Waals surface area contributed by atoms with Gasteiger partial charge in [-0.1, -0.05) is 18.2 Å². The van der Waals surface area contributed by atoms with Crippen molar-refractivity contribution in [2.75, 3.05) is 6.61 Å². The van der Waals surface area contributed by atoms with Gasteiger partial charge in [-0.15, -0.1) is 0 Å². The fourth-order valence-electron chi connectivity index (χ4n) is 2.36. The highest BCUT2D eigenvalue weighted by Crippen LogP contribution is 2.27. The minimum atomic E-state index is -0.447. The molecule has 2 aromatic carbocycles. The van der Waals surface area contributed by atoms with Crippen molar-refractivity contribution in [3.05, 3.63) is 52.4 Å². The largest absolute Gasteiger partial charge is 0.508 e. The SMILES string of the molecule is O=c1oc2cc(O)ccc2c2cccc(CCO)c12. The topological polar surface area (TPSA) is 70.7 Å². The summed E-state index contributed by atoms with van der Waals surface area (Å²) in [6.45, 7) is -0.0217. The highest BCUT2D eigenvalue weighted by Gasteiger charge is 2.11. The lowest BCUT2D eigenvalue weighted by Gasteiger charge is -2.06. The Kier molecular flexibility index (Phi) is 2.72. The Morgan fingerprint density at radius 2 is 1.95 bits per heavy atom. The van der Waals surface area contributed by atoms with Gasteiger partial charge in [-0.2, -0.15) is 0 Å². The number of phenols is 1. The molecular weight excluding hydrogens is 244 g/mol. The normalized spacial score (nSPS) is 11.2. The standard InChI is InChI=1S/C15H12O4/c16-7-6-9-2-1-3-12-11-5-4-10(17)8-13(11)19-15(18)14(9)12/h1-5,8,16-17H,6-7H2. The summed E-state index contributed by atoms with van der Waals surface area (Å²) in [6, 6.07) is 10.2. The van der Waals surface area contributed by atoms with Crippen molar-refractivity contribution in [1.29, 1.82) is 0 Å². The molecule has 0 bridgehead atoms. The maximum atomic E-state index is 12.1. The fourth-order valence-corrected chi connectivity index (χ4v) is 2.36. The number of benzene rings is 2. The molecule has 0 radical (unpaired) electrons. The van der Waals surface area contributed by atoms with E-state index in [1.807, 2.05) is 18.2 Å². The van der Waals surface area contributed by atoms with Gasteiger partial charge in [-0.25, -0.2) is 4.79 Å². The Balaban J connectivity index is 2.49. The van der Waals surface area contributed by atoms with Crippen molar-refractivity contribution in [2.24, 2.45) is 0 Å². The van der Waals surface area contributed by atoms with Crippen LogP contribution in [0.2, 0.25) is 0 Å². The van der Waals surface area contributed by atoms with Gasteiger partial charge < -0.3 is 14.6 Å². The maximum Gasteiger partial charge on any atom is 0.344 e. The van der Waals surface area contributed by atoms with Gasteiger partial charge in [0.15, 0.2) is 0 Å². The van der Waals surface area contributed by atoms with Crippen molar-refractivity contribution in [3.63, 3.8) is 0 Å². The molecule has 0 fully saturated rings. The van der Waals surface area contributed by atoms with Crippen molar-refractivity contribution >= 4 is 21.7 Å². The molecule has 1 aromatic heterocycles. The molecule has 0 unspecified atom stereocenters. The van der Waals surface area contributed by atoms with Crippen LogP contribution in [0.3, 0.4) is 0 Å². The van der Waals surface area contributed by atoms with Gasteiger partial charge in [0.05, 0.1) is 5.39 Å². The second-order valence-corrected chi connectivity index (χ2v) is 4.38. The van der Waals surface area contributed by atoms with Gasteiger partial charge in [0.25, 0.3) is 0 Å². The molecule has 2 N–H and O–H groups in total. The molecule has 4 nitrogen and oxygen atoms in total. The lowest BCUT2D eigenvalue weighted by Crippen LogP contribution is -2.04. The molecule has 19 heavy (non-hydrogen) atoms. The van der Waals surface area contributed by atoms with Crippen molar-refractivity contribution in [2.45, 2.75) is 6.42 Å². The molecule has 4 heteroatoms. The molecular formula is C15H12O4. The summed E-state index contributed by atoms with van der Waals surface area (Å²) in [7, 11) is 0. The van der Waals surface area contributed by atoms with E-state index in [1.165, 1.54) is 6.07 Å². The Morgan fingerprint density at radius 1 is 1.11 bits per heavy atom. The fraction of sp³-hybridized carbons (Fsp3) is 0.133. The summed E-state index contributed by atoms with van der Waals surface area (Å²) >= 11 is 0. The Bertz CT molecular complexity index is 817. The first kappa shape index (κ1) is 11.7. The first-order valence-corrected chi connectivity index (χ1v) is 5.99. The molecule has 1 heterocycles. The third-order valence-electron chi connectivity index (χ3n) is 3.19. The molecule has 3 aromatic rings. The number of aliphatic hydroxyl groups is 1. The minimum absolute atomic E-state index is 0.0217. The molecule has 96 valence electrons. The van der Waals surface area contributed by atoms with Crippen molar-refractivity contribution < 1.29 is 14.6 Å². The summed E-state index contributed by atoms with van der Waals surface area (Å²) in [5, 5.41) is 20.5. The number of hydrogen-bond donors (Lipinski definition) is 2. The van der Waals surface area contributed by atoms with E-state index in [9.17, 15) is 9.90 Å². The molecule has 0 amide bonds. The highest BCUT2D eigenvalue weighted by atomic mass is 16.4. The Morgan fingerprint density at radius 3 is 2.74 bits per heavy atom. The van der Waals surface area contributed by atoms with Gasteiger partial charge in [0.1, 0.15) is 11.3 Å². The number of rotatable bonds is 2. The van der Waals surface area contributed by atoms with Gasteiger partial charge >= 0.3 is 5.63 Å². The van der Waals surface area contributed by atoms with Crippen LogP contribution in [0.25, 0.3) is 21.7 Å². The summed E-state index contributed by atoms with van der Waals surface area (Å²) in [5.74, 6) is 0.0570. The van der Waals surface area contributed by atoms with Crippen LogP contribution < -0.4 is 5.63 Å². The quantitative estimate of drug-likeness (QED) is 0.544. The number of phenolic OH excluding ortho intramolecular Hbond substituents is 1. The molecule has 3 rings (SSSR count). The van der Waals surface area contributed by atoms with E-state index < -0.39 is 5.63 Å². The lowest BCUT2D eigenvalue weighted by atomic mass is 10.0.